The summed E-state index contributed by atoms with van der Waals surface area (Å²) in [5, 5.41) is 5.54. The van der Waals surface area contributed by atoms with E-state index in [1.165, 1.54) is 12.8 Å². The first kappa shape index (κ1) is 27.0. The van der Waals surface area contributed by atoms with Crippen molar-refractivity contribution >= 4 is 23.4 Å². The first-order chi connectivity index (χ1) is 18.1. The molecule has 0 radical (unpaired) electrons. The molecule has 2 heterocycles. The second kappa shape index (κ2) is 10.9. The number of carbonyl (C=O) groups excluding carboxylic acids is 3. The number of alkyl halides is 3. The van der Waals surface area contributed by atoms with Gasteiger partial charge in [-0.3, -0.25) is 19.7 Å². The lowest BCUT2D eigenvalue weighted by molar-refractivity contribution is -0.140. The first-order valence-corrected chi connectivity index (χ1v) is 13.9. The number of amides is 3. The summed E-state index contributed by atoms with van der Waals surface area (Å²) in [4.78, 5) is 41.5. The summed E-state index contributed by atoms with van der Waals surface area (Å²) in [6, 6.07) is 4.83. The van der Waals surface area contributed by atoms with Crippen LogP contribution >= 0.6 is 0 Å². The molecule has 1 aromatic carbocycles. The Hall–Kier alpha value is -2.62. The third-order valence-corrected chi connectivity index (χ3v) is 8.54. The van der Waals surface area contributed by atoms with E-state index >= 15 is 0 Å². The van der Waals surface area contributed by atoms with Gasteiger partial charge < -0.3 is 15.1 Å². The van der Waals surface area contributed by atoms with Crippen molar-refractivity contribution in [3.63, 3.8) is 0 Å². The Morgan fingerprint density at radius 1 is 1.08 bits per heavy atom. The van der Waals surface area contributed by atoms with Gasteiger partial charge in [-0.15, -0.1) is 0 Å². The third-order valence-electron chi connectivity index (χ3n) is 8.54. The molecule has 1 aromatic rings. The molecule has 0 bridgehead atoms. The van der Waals surface area contributed by atoms with Crippen LogP contribution in [0.2, 0.25) is 0 Å². The van der Waals surface area contributed by atoms with Crippen molar-refractivity contribution in [3.05, 3.63) is 29.3 Å². The van der Waals surface area contributed by atoms with Gasteiger partial charge in [-0.25, -0.2) is 0 Å². The SMILES string of the molecule is CC(CC(F)(F)F)NC1CCC(N(CCC2CC2)c2cccc3c2CN(C2CCC(=O)NC2=O)C3=O)CC1. The molecule has 1 saturated heterocycles. The highest BCUT2D eigenvalue weighted by Crippen LogP contribution is 2.39. The molecule has 5 rings (SSSR count). The minimum atomic E-state index is -4.17. The number of hydrogen-bond donors (Lipinski definition) is 2. The van der Waals surface area contributed by atoms with Crippen LogP contribution in [-0.4, -0.2) is 59.5 Å². The maximum absolute atomic E-state index is 13.3. The summed E-state index contributed by atoms with van der Waals surface area (Å²) in [7, 11) is 0. The monoisotopic (exact) mass is 534 g/mol. The fraction of sp³-hybridized carbons (Fsp3) is 0.679. The number of hydrogen-bond acceptors (Lipinski definition) is 5. The lowest BCUT2D eigenvalue weighted by atomic mass is 9.88. The van der Waals surface area contributed by atoms with Crippen molar-refractivity contribution < 1.29 is 27.6 Å². The molecule has 0 spiro atoms. The Balaban J connectivity index is 1.30. The van der Waals surface area contributed by atoms with Crippen LogP contribution in [0.15, 0.2) is 18.2 Å². The molecule has 208 valence electrons. The van der Waals surface area contributed by atoms with E-state index in [9.17, 15) is 27.6 Å². The second-order valence-electron chi connectivity index (χ2n) is 11.5. The topological polar surface area (TPSA) is 81.8 Å². The first-order valence-electron chi connectivity index (χ1n) is 13.9. The smallest absolute Gasteiger partial charge is 0.368 e. The zero-order valence-corrected chi connectivity index (χ0v) is 21.9. The van der Waals surface area contributed by atoms with Crippen molar-refractivity contribution in [3.8, 4) is 0 Å². The van der Waals surface area contributed by atoms with Gasteiger partial charge in [-0.2, -0.15) is 13.2 Å². The van der Waals surface area contributed by atoms with Crippen molar-refractivity contribution in [1.82, 2.24) is 15.5 Å². The number of nitrogens with zero attached hydrogens (tertiary/aromatic N) is 2. The van der Waals surface area contributed by atoms with Crippen LogP contribution < -0.4 is 15.5 Å². The summed E-state index contributed by atoms with van der Waals surface area (Å²) < 4.78 is 38.3. The van der Waals surface area contributed by atoms with Crippen molar-refractivity contribution in [2.75, 3.05) is 11.4 Å². The average molecular weight is 535 g/mol. The minimum absolute atomic E-state index is 0.0694. The van der Waals surface area contributed by atoms with Gasteiger partial charge in [0.1, 0.15) is 6.04 Å². The molecule has 3 fully saturated rings. The number of anilines is 1. The van der Waals surface area contributed by atoms with E-state index in [2.05, 4.69) is 21.6 Å². The maximum Gasteiger partial charge on any atom is 0.390 e. The Morgan fingerprint density at radius 2 is 1.82 bits per heavy atom. The lowest BCUT2D eigenvalue weighted by Gasteiger charge is -2.40. The molecular weight excluding hydrogens is 497 g/mol. The molecule has 38 heavy (non-hydrogen) atoms. The largest absolute Gasteiger partial charge is 0.390 e. The number of imide groups is 1. The van der Waals surface area contributed by atoms with Crippen LogP contribution in [-0.2, 0) is 16.1 Å². The number of piperidine rings is 1. The van der Waals surface area contributed by atoms with Gasteiger partial charge in [0.15, 0.2) is 0 Å². The fourth-order valence-electron chi connectivity index (χ4n) is 6.43. The summed E-state index contributed by atoms with van der Waals surface area (Å²) in [6.45, 7) is 2.81. The molecule has 7 nitrogen and oxygen atoms in total. The van der Waals surface area contributed by atoms with Gasteiger partial charge in [0, 0.05) is 54.5 Å². The zero-order chi connectivity index (χ0) is 27.0. The molecule has 4 aliphatic rings. The van der Waals surface area contributed by atoms with Crippen molar-refractivity contribution in [2.24, 2.45) is 5.92 Å². The zero-order valence-electron chi connectivity index (χ0n) is 21.9. The second-order valence-corrected chi connectivity index (χ2v) is 11.5. The van der Waals surface area contributed by atoms with E-state index in [1.54, 1.807) is 11.8 Å². The van der Waals surface area contributed by atoms with Crippen LogP contribution in [0, 0.1) is 5.92 Å². The number of halogens is 3. The average Bonchev–Trinajstić information content (AvgIpc) is 3.61. The summed E-state index contributed by atoms with van der Waals surface area (Å²) in [6.07, 6.45) is 2.48. The number of rotatable bonds is 9. The van der Waals surface area contributed by atoms with Crippen LogP contribution in [0.5, 0.6) is 0 Å². The normalized spacial score (nSPS) is 26.8. The third kappa shape index (κ3) is 6.16. The van der Waals surface area contributed by atoms with E-state index in [4.69, 9.17) is 0 Å². The predicted molar refractivity (Wildman–Crippen MR) is 136 cm³/mol. The van der Waals surface area contributed by atoms with Gasteiger partial charge in [-0.1, -0.05) is 18.9 Å². The van der Waals surface area contributed by atoms with Gasteiger partial charge in [0.2, 0.25) is 11.8 Å². The fourth-order valence-corrected chi connectivity index (χ4v) is 6.43. The minimum Gasteiger partial charge on any atom is -0.368 e. The molecule has 2 aliphatic carbocycles. The Kier molecular flexibility index (Phi) is 7.71. The highest BCUT2D eigenvalue weighted by atomic mass is 19.4. The Bertz CT molecular complexity index is 1070. The molecule has 2 saturated carbocycles. The molecule has 10 heteroatoms. The Labute approximate surface area is 221 Å². The standard InChI is InChI=1S/C28H37F3N4O3/c1-17(15-28(29,30)31)32-19-7-9-20(10-8-19)34(14-13-18-5-6-18)23-4-2-3-21-22(23)16-35(27(21)38)24-11-12-25(36)33-26(24)37/h2-4,17-20,24,32H,5-16H2,1H3,(H,33,36,37). The molecular formula is C28H37F3N4O3. The van der Waals surface area contributed by atoms with Crippen LogP contribution in [0.1, 0.15) is 87.1 Å². The summed E-state index contributed by atoms with van der Waals surface area (Å²) in [5.74, 6) is -0.164. The van der Waals surface area contributed by atoms with E-state index in [0.717, 1.165) is 55.8 Å². The molecule has 2 N–H and O–H groups in total. The molecule has 0 aromatic heterocycles. The van der Waals surface area contributed by atoms with Gasteiger partial charge in [0.05, 0.1) is 6.42 Å². The molecule has 2 unspecified atom stereocenters. The van der Waals surface area contributed by atoms with E-state index < -0.39 is 30.6 Å². The van der Waals surface area contributed by atoms with Gasteiger partial charge in [-0.05, 0) is 63.5 Å². The number of carbonyl (C=O) groups is 3. The number of benzene rings is 1. The van der Waals surface area contributed by atoms with E-state index in [1.807, 2.05) is 12.1 Å². The van der Waals surface area contributed by atoms with E-state index in [-0.39, 0.29) is 30.3 Å². The molecule has 2 aliphatic heterocycles. The maximum atomic E-state index is 13.3. The van der Waals surface area contributed by atoms with Gasteiger partial charge >= 0.3 is 6.18 Å². The van der Waals surface area contributed by atoms with Crippen molar-refractivity contribution in [1.29, 1.82) is 0 Å². The number of nitrogens with one attached hydrogen (secondary N) is 2. The summed E-state index contributed by atoms with van der Waals surface area (Å²) in [5.41, 5.74) is 2.56. The van der Waals surface area contributed by atoms with Crippen LogP contribution in [0.3, 0.4) is 0 Å². The quantitative estimate of drug-likeness (QED) is 0.462. The van der Waals surface area contributed by atoms with Crippen molar-refractivity contribution in [2.45, 2.75) is 108 Å². The highest BCUT2D eigenvalue weighted by Gasteiger charge is 2.41. The molecule has 2 atom stereocenters. The van der Waals surface area contributed by atoms with Crippen LogP contribution in [0.25, 0.3) is 0 Å². The summed E-state index contributed by atoms with van der Waals surface area (Å²) >= 11 is 0. The highest BCUT2D eigenvalue weighted by molar-refractivity contribution is 6.06. The van der Waals surface area contributed by atoms with E-state index in [0.29, 0.717) is 18.5 Å². The predicted octanol–water partition coefficient (Wildman–Crippen LogP) is 4.30. The molecule has 3 amide bonds. The lowest BCUT2D eigenvalue weighted by Crippen LogP contribution is -2.52. The number of fused-ring (bicyclic) bond motifs is 1. The Morgan fingerprint density at radius 3 is 2.47 bits per heavy atom. The van der Waals surface area contributed by atoms with Gasteiger partial charge in [0.25, 0.3) is 5.91 Å². The van der Waals surface area contributed by atoms with Crippen LogP contribution in [0.4, 0.5) is 18.9 Å².